The van der Waals surface area contributed by atoms with E-state index in [1.54, 1.807) is 0 Å². The van der Waals surface area contributed by atoms with Gasteiger partial charge in [-0.05, 0) is 41.5 Å². The average molecular weight is 494 g/mol. The molecule has 10 heteroatoms. The van der Waals surface area contributed by atoms with Crippen molar-refractivity contribution < 1.29 is 23.2 Å². The molecule has 0 fully saturated rings. The van der Waals surface area contributed by atoms with E-state index in [9.17, 15) is 23.2 Å². The summed E-state index contributed by atoms with van der Waals surface area (Å²) in [6.45, 7) is 0. The van der Waals surface area contributed by atoms with Crippen molar-refractivity contribution in [3.63, 3.8) is 0 Å². The van der Waals surface area contributed by atoms with Crippen LogP contribution in [0.2, 0.25) is 20.1 Å². The third kappa shape index (κ3) is 3.65. The van der Waals surface area contributed by atoms with E-state index in [1.165, 1.54) is 48.5 Å². The zero-order valence-corrected chi connectivity index (χ0v) is 18.1. The van der Waals surface area contributed by atoms with Crippen molar-refractivity contribution in [3.05, 3.63) is 91.4 Å². The van der Waals surface area contributed by atoms with Crippen molar-refractivity contribution in [2.75, 3.05) is 0 Å². The van der Waals surface area contributed by atoms with Crippen LogP contribution < -0.4 is 0 Å². The molecular weight excluding hydrogens is 482 g/mol. The summed E-state index contributed by atoms with van der Waals surface area (Å²) < 4.78 is 33.9. The molecule has 0 aliphatic heterocycles. The van der Waals surface area contributed by atoms with Crippen LogP contribution in [0.4, 0.5) is 0 Å². The highest BCUT2D eigenvalue weighted by Gasteiger charge is 2.51. The van der Waals surface area contributed by atoms with Gasteiger partial charge in [0.25, 0.3) is 10.1 Å². The van der Waals surface area contributed by atoms with E-state index in [2.05, 4.69) is 0 Å². The predicted molar refractivity (Wildman–Crippen MR) is 114 cm³/mol. The molecule has 3 aromatic carbocycles. The lowest BCUT2D eigenvalue weighted by Crippen LogP contribution is -2.38. The molecule has 0 aliphatic rings. The van der Waals surface area contributed by atoms with Gasteiger partial charge in [-0.1, -0.05) is 70.7 Å². The molecule has 0 heterocycles. The molecule has 0 aromatic heterocycles. The monoisotopic (exact) mass is 492 g/mol. The quantitative estimate of drug-likeness (QED) is 0.239. The molecule has 3 aromatic rings. The van der Waals surface area contributed by atoms with Crippen molar-refractivity contribution in [1.29, 1.82) is 0 Å². The fourth-order valence-electron chi connectivity index (χ4n) is 3.16. The van der Waals surface area contributed by atoms with Gasteiger partial charge in [-0.3, -0.25) is 4.55 Å². The second-order valence-corrected chi connectivity index (χ2v) is 9.31. The van der Waals surface area contributed by atoms with Crippen LogP contribution in [0.5, 0.6) is 11.5 Å². The van der Waals surface area contributed by atoms with E-state index in [0.29, 0.717) is 10.0 Å². The molecule has 3 N–H and O–H groups in total. The van der Waals surface area contributed by atoms with Crippen molar-refractivity contribution in [3.8, 4) is 11.5 Å². The average Bonchev–Trinajstić information content (AvgIpc) is 2.66. The first-order valence-electron chi connectivity index (χ1n) is 7.89. The molecule has 5 nitrogen and oxygen atoms in total. The lowest BCUT2D eigenvalue weighted by atomic mass is 9.83. The highest BCUT2D eigenvalue weighted by Crippen LogP contribution is 2.52. The van der Waals surface area contributed by atoms with Crippen LogP contribution in [-0.2, 0) is 14.9 Å². The first-order valence-corrected chi connectivity index (χ1v) is 10.8. The maximum atomic E-state index is 12.9. The Morgan fingerprint density at radius 3 is 1.52 bits per heavy atom. The van der Waals surface area contributed by atoms with Gasteiger partial charge in [-0.25, -0.2) is 0 Å². The molecule has 29 heavy (non-hydrogen) atoms. The van der Waals surface area contributed by atoms with Crippen molar-refractivity contribution >= 4 is 56.5 Å². The normalized spacial score (nSPS) is 12.2. The minimum atomic E-state index is -5.04. The number of hydrogen-bond donors (Lipinski definition) is 3. The Morgan fingerprint density at radius 2 is 1.14 bits per heavy atom. The Bertz CT molecular complexity index is 1130. The molecule has 0 spiro atoms. The van der Waals surface area contributed by atoms with Gasteiger partial charge in [0.1, 0.15) is 5.02 Å². The van der Waals surface area contributed by atoms with Crippen molar-refractivity contribution in [2.45, 2.75) is 4.75 Å². The largest absolute Gasteiger partial charge is 0.504 e. The Balaban J connectivity index is 2.57. The molecule has 0 radical (unpaired) electrons. The van der Waals surface area contributed by atoms with Crippen molar-refractivity contribution in [1.82, 2.24) is 0 Å². The maximum Gasteiger partial charge on any atom is 0.283 e. The number of phenolic OH excluding ortho intramolecular Hbond substituents is 2. The van der Waals surface area contributed by atoms with Gasteiger partial charge >= 0.3 is 0 Å². The maximum absolute atomic E-state index is 12.9. The Labute approximate surface area is 186 Å². The molecule has 0 bridgehead atoms. The molecule has 0 saturated carbocycles. The van der Waals surface area contributed by atoms with Crippen LogP contribution in [0.15, 0.2) is 54.6 Å². The molecule has 0 unspecified atom stereocenters. The van der Waals surface area contributed by atoms with Gasteiger partial charge in [-0.15, -0.1) is 0 Å². The van der Waals surface area contributed by atoms with Gasteiger partial charge < -0.3 is 10.2 Å². The van der Waals surface area contributed by atoms with Crippen LogP contribution in [0.3, 0.4) is 0 Å². The SMILES string of the molecule is O=S(=O)(O)C(c1ccc(Cl)cc1)(c1ccc(Cl)cc1)c1cc(Cl)c(Cl)c(O)c1O. The predicted octanol–water partition coefficient (Wildman–Crippen LogP) is 5.89. The Hall–Kier alpha value is -1.67. The summed E-state index contributed by atoms with van der Waals surface area (Å²) in [5, 5.41) is 20.8. The summed E-state index contributed by atoms with van der Waals surface area (Å²) in [4.78, 5) is 0. The van der Waals surface area contributed by atoms with Crippen LogP contribution in [0, 0.1) is 0 Å². The Morgan fingerprint density at radius 1 is 0.724 bits per heavy atom. The summed E-state index contributed by atoms with van der Waals surface area (Å²) in [5.74, 6) is -1.69. The van der Waals surface area contributed by atoms with E-state index < -0.39 is 31.9 Å². The molecule has 152 valence electrons. The van der Waals surface area contributed by atoms with Crippen LogP contribution >= 0.6 is 46.4 Å². The second-order valence-electron chi connectivity index (χ2n) is 6.09. The topological polar surface area (TPSA) is 94.8 Å². The smallest absolute Gasteiger partial charge is 0.283 e. The van der Waals surface area contributed by atoms with Gasteiger partial charge in [0.2, 0.25) is 0 Å². The van der Waals surface area contributed by atoms with E-state index in [-0.39, 0.29) is 21.2 Å². The first kappa shape index (κ1) is 22.0. The highest BCUT2D eigenvalue weighted by atomic mass is 35.5. The number of hydrogen-bond acceptors (Lipinski definition) is 4. The number of rotatable bonds is 4. The Kier molecular flexibility index (Phi) is 5.98. The minimum absolute atomic E-state index is 0.0276. The van der Waals surface area contributed by atoms with E-state index in [0.717, 1.165) is 6.07 Å². The van der Waals surface area contributed by atoms with Gasteiger partial charge in [0, 0.05) is 15.6 Å². The molecule has 0 atom stereocenters. The molecule has 0 saturated heterocycles. The number of phenols is 2. The summed E-state index contributed by atoms with van der Waals surface area (Å²) in [7, 11) is -5.04. The van der Waals surface area contributed by atoms with Crippen molar-refractivity contribution in [2.24, 2.45) is 0 Å². The van der Waals surface area contributed by atoms with Gasteiger partial charge in [0.05, 0.1) is 5.02 Å². The minimum Gasteiger partial charge on any atom is -0.504 e. The molecule has 0 aliphatic carbocycles. The van der Waals surface area contributed by atoms with Crippen LogP contribution in [-0.4, -0.2) is 23.2 Å². The lowest BCUT2D eigenvalue weighted by Gasteiger charge is -2.33. The number of benzene rings is 3. The molecule has 3 rings (SSSR count). The van der Waals surface area contributed by atoms with Crippen LogP contribution in [0.25, 0.3) is 0 Å². The second kappa shape index (κ2) is 7.87. The number of halogens is 4. The highest BCUT2D eigenvalue weighted by molar-refractivity contribution is 7.87. The number of aromatic hydroxyl groups is 2. The third-order valence-corrected chi connectivity index (χ3v) is 7.18. The fourth-order valence-corrected chi connectivity index (χ4v) is 5.05. The molecule has 0 amide bonds. The zero-order valence-electron chi connectivity index (χ0n) is 14.3. The molecular formula is C19H12Cl4O5S. The van der Waals surface area contributed by atoms with Crippen LogP contribution in [0.1, 0.15) is 16.7 Å². The fraction of sp³-hybridized carbons (Fsp3) is 0.0526. The lowest BCUT2D eigenvalue weighted by molar-refractivity contribution is 0.394. The standard InChI is InChI=1S/C19H12Cl4O5S/c20-12-5-1-10(2-6-12)19(29(26,27)28,11-3-7-13(21)8-4-11)14-9-15(22)16(23)18(25)17(14)24/h1-9,24-25H,(H,26,27,28). The summed E-state index contributed by atoms with van der Waals surface area (Å²) >= 11 is 23.8. The summed E-state index contributed by atoms with van der Waals surface area (Å²) in [6, 6.07) is 12.2. The van der Waals surface area contributed by atoms with E-state index in [1.807, 2.05) is 0 Å². The third-order valence-electron chi connectivity index (χ3n) is 4.44. The first-order chi connectivity index (χ1) is 13.5. The van der Waals surface area contributed by atoms with Gasteiger partial charge in [-0.2, -0.15) is 8.42 Å². The summed E-state index contributed by atoms with van der Waals surface area (Å²) in [6.07, 6.45) is 0. The van der Waals surface area contributed by atoms with E-state index >= 15 is 0 Å². The van der Waals surface area contributed by atoms with Gasteiger partial charge in [0.15, 0.2) is 16.2 Å². The zero-order chi connectivity index (χ0) is 21.6. The van der Waals surface area contributed by atoms with E-state index in [4.69, 9.17) is 46.4 Å². The summed E-state index contributed by atoms with van der Waals surface area (Å²) in [5.41, 5.74) is -0.351.